The van der Waals surface area contributed by atoms with E-state index in [1.165, 1.54) is 18.8 Å². The molecule has 0 aliphatic carbocycles. The fourth-order valence-corrected chi connectivity index (χ4v) is 2.44. The summed E-state index contributed by atoms with van der Waals surface area (Å²) in [5, 5.41) is 0.471. The first kappa shape index (κ1) is 19.3. The summed E-state index contributed by atoms with van der Waals surface area (Å²) in [4.78, 5) is 53.4. The van der Waals surface area contributed by atoms with Crippen LogP contribution in [0.1, 0.15) is 33.6 Å². The maximum absolute atomic E-state index is 12.3. The van der Waals surface area contributed by atoms with Gasteiger partial charge in [-0.25, -0.2) is 9.59 Å². The van der Waals surface area contributed by atoms with Gasteiger partial charge in [0.25, 0.3) is 11.8 Å². The highest BCUT2D eigenvalue weighted by Gasteiger charge is 2.37. The second-order valence-electron chi connectivity index (χ2n) is 6.05. The summed E-state index contributed by atoms with van der Waals surface area (Å²) in [5.41, 5.74) is -0.708. The molecule has 1 rings (SSSR count). The van der Waals surface area contributed by atoms with Crippen LogP contribution in [-0.2, 0) is 24.0 Å². The first-order valence-corrected chi connectivity index (χ1v) is 8.48. The molecule has 1 unspecified atom stereocenters. The number of carbonyl (C=O) groups is 4. The van der Waals surface area contributed by atoms with E-state index in [0.29, 0.717) is 5.06 Å². The number of imide groups is 1. The molecule has 0 aromatic heterocycles. The average molecular weight is 346 g/mol. The van der Waals surface area contributed by atoms with Crippen molar-refractivity contribution in [3.63, 3.8) is 0 Å². The number of ether oxygens (including phenoxy) is 1. The van der Waals surface area contributed by atoms with Gasteiger partial charge in [-0.05, 0) is 27.0 Å². The third-order valence-corrected chi connectivity index (χ3v) is 3.58. The SMILES string of the molecule is CSCC(C(=O)ON1C(=O)CCC1=O)N(C)C(=O)OC(C)(C)C. The van der Waals surface area contributed by atoms with Crippen LogP contribution in [0.3, 0.4) is 0 Å². The van der Waals surface area contributed by atoms with Crippen LogP contribution in [0, 0.1) is 0 Å². The number of carbonyl (C=O) groups excluding carboxylic acids is 4. The van der Waals surface area contributed by atoms with Crippen molar-refractivity contribution in [2.75, 3.05) is 19.1 Å². The molecule has 0 saturated carbocycles. The van der Waals surface area contributed by atoms with Crippen molar-refractivity contribution in [2.45, 2.75) is 45.3 Å². The Morgan fingerprint density at radius 2 is 1.78 bits per heavy atom. The molecule has 130 valence electrons. The lowest BCUT2D eigenvalue weighted by molar-refractivity contribution is -0.200. The van der Waals surface area contributed by atoms with Gasteiger partial charge in [0.2, 0.25) is 0 Å². The summed E-state index contributed by atoms with van der Waals surface area (Å²) in [6.45, 7) is 5.13. The van der Waals surface area contributed by atoms with E-state index in [2.05, 4.69) is 0 Å². The van der Waals surface area contributed by atoms with Gasteiger partial charge in [-0.1, -0.05) is 0 Å². The van der Waals surface area contributed by atoms with Gasteiger partial charge in [0, 0.05) is 25.6 Å². The molecule has 0 aromatic carbocycles. The molecule has 3 amide bonds. The Hall–Kier alpha value is -1.77. The largest absolute Gasteiger partial charge is 0.444 e. The Morgan fingerprint density at radius 1 is 1.26 bits per heavy atom. The fraction of sp³-hybridized carbons (Fsp3) is 0.714. The van der Waals surface area contributed by atoms with E-state index in [-0.39, 0.29) is 18.6 Å². The zero-order valence-corrected chi connectivity index (χ0v) is 14.8. The first-order chi connectivity index (χ1) is 10.6. The Bertz CT molecular complexity index is 486. The number of amides is 3. The second kappa shape index (κ2) is 7.67. The Morgan fingerprint density at radius 3 is 2.22 bits per heavy atom. The van der Waals surface area contributed by atoms with Crippen molar-refractivity contribution < 1.29 is 28.8 Å². The molecule has 1 aliphatic heterocycles. The maximum atomic E-state index is 12.3. The van der Waals surface area contributed by atoms with E-state index in [1.54, 1.807) is 27.0 Å². The number of nitrogens with zero attached hydrogens (tertiary/aromatic N) is 2. The van der Waals surface area contributed by atoms with Gasteiger partial charge >= 0.3 is 12.1 Å². The Balaban J connectivity index is 2.79. The van der Waals surface area contributed by atoms with Gasteiger partial charge in [-0.2, -0.15) is 11.8 Å². The maximum Gasteiger partial charge on any atom is 0.410 e. The molecule has 1 fully saturated rings. The molecule has 0 bridgehead atoms. The third kappa shape index (κ3) is 5.42. The number of thioether (sulfide) groups is 1. The lowest BCUT2D eigenvalue weighted by atomic mass is 10.2. The molecule has 1 aliphatic rings. The van der Waals surface area contributed by atoms with Crippen LogP contribution in [-0.4, -0.2) is 64.5 Å². The molecule has 1 saturated heterocycles. The lowest BCUT2D eigenvalue weighted by Gasteiger charge is -2.29. The van der Waals surface area contributed by atoms with Crippen molar-refractivity contribution in [3.05, 3.63) is 0 Å². The summed E-state index contributed by atoms with van der Waals surface area (Å²) in [5.74, 6) is -1.74. The zero-order chi connectivity index (χ0) is 17.8. The minimum atomic E-state index is -0.971. The van der Waals surface area contributed by atoms with E-state index in [9.17, 15) is 19.2 Å². The standard InChI is InChI=1S/C14H22N2O6S/c1-14(2,3)21-13(20)15(4)9(8-23-5)12(19)22-16-10(17)6-7-11(16)18/h9H,6-8H2,1-5H3. The monoisotopic (exact) mass is 346 g/mol. The molecular weight excluding hydrogens is 324 g/mol. The van der Waals surface area contributed by atoms with Crippen molar-refractivity contribution in [2.24, 2.45) is 0 Å². The van der Waals surface area contributed by atoms with Crippen LogP contribution in [0.25, 0.3) is 0 Å². The van der Waals surface area contributed by atoms with Gasteiger partial charge in [-0.15, -0.1) is 5.06 Å². The number of hydrogen-bond donors (Lipinski definition) is 0. The summed E-state index contributed by atoms with van der Waals surface area (Å²) in [6, 6.07) is -0.971. The normalized spacial score (nSPS) is 16.3. The van der Waals surface area contributed by atoms with E-state index in [0.717, 1.165) is 4.90 Å². The molecule has 0 aromatic rings. The van der Waals surface area contributed by atoms with Gasteiger partial charge in [0.05, 0.1) is 0 Å². The highest BCUT2D eigenvalue weighted by Crippen LogP contribution is 2.17. The highest BCUT2D eigenvalue weighted by atomic mass is 32.2. The average Bonchev–Trinajstić information content (AvgIpc) is 2.73. The van der Waals surface area contributed by atoms with E-state index in [4.69, 9.17) is 9.57 Å². The van der Waals surface area contributed by atoms with E-state index in [1.807, 2.05) is 0 Å². The topological polar surface area (TPSA) is 93.2 Å². The molecule has 8 nitrogen and oxygen atoms in total. The lowest BCUT2D eigenvalue weighted by Crippen LogP contribution is -2.49. The van der Waals surface area contributed by atoms with Crippen LogP contribution in [0.4, 0.5) is 4.79 Å². The Labute approximate surface area is 139 Å². The van der Waals surface area contributed by atoms with E-state index >= 15 is 0 Å². The minimum Gasteiger partial charge on any atom is -0.444 e. The highest BCUT2D eigenvalue weighted by molar-refractivity contribution is 7.98. The summed E-state index contributed by atoms with van der Waals surface area (Å²) >= 11 is 1.32. The Kier molecular flexibility index (Phi) is 6.43. The van der Waals surface area contributed by atoms with Gasteiger partial charge in [0.15, 0.2) is 0 Å². The second-order valence-corrected chi connectivity index (χ2v) is 6.97. The molecule has 0 N–H and O–H groups in total. The van der Waals surface area contributed by atoms with Crippen LogP contribution in [0.15, 0.2) is 0 Å². The third-order valence-electron chi connectivity index (χ3n) is 2.93. The van der Waals surface area contributed by atoms with Crippen molar-refractivity contribution in [1.29, 1.82) is 0 Å². The minimum absolute atomic E-state index is 0.0151. The van der Waals surface area contributed by atoms with Crippen LogP contribution < -0.4 is 0 Å². The molecule has 1 heterocycles. The number of rotatable bonds is 5. The quantitative estimate of drug-likeness (QED) is 0.690. The van der Waals surface area contributed by atoms with Crippen molar-refractivity contribution in [3.8, 4) is 0 Å². The molecular formula is C14H22N2O6S. The van der Waals surface area contributed by atoms with Crippen LogP contribution in [0.5, 0.6) is 0 Å². The van der Waals surface area contributed by atoms with Gasteiger partial charge < -0.3 is 9.57 Å². The smallest absolute Gasteiger partial charge is 0.410 e. The predicted molar refractivity (Wildman–Crippen MR) is 83.3 cm³/mol. The summed E-state index contributed by atoms with van der Waals surface area (Å²) < 4.78 is 5.21. The van der Waals surface area contributed by atoms with Gasteiger partial charge in [0.1, 0.15) is 11.6 Å². The number of hydroxylamine groups is 2. The molecule has 1 atom stereocenters. The molecule has 23 heavy (non-hydrogen) atoms. The van der Waals surface area contributed by atoms with Crippen molar-refractivity contribution >= 4 is 35.6 Å². The van der Waals surface area contributed by atoms with Crippen LogP contribution >= 0.6 is 11.8 Å². The van der Waals surface area contributed by atoms with E-state index < -0.39 is 35.5 Å². The zero-order valence-electron chi connectivity index (χ0n) is 14.0. The number of hydrogen-bond acceptors (Lipinski definition) is 7. The first-order valence-electron chi connectivity index (χ1n) is 7.09. The molecule has 9 heteroatoms. The fourth-order valence-electron chi connectivity index (χ4n) is 1.77. The summed E-state index contributed by atoms with van der Waals surface area (Å²) in [7, 11) is 1.41. The number of likely N-dealkylation sites (N-methyl/N-ethyl adjacent to an activating group) is 1. The van der Waals surface area contributed by atoms with Crippen molar-refractivity contribution in [1.82, 2.24) is 9.96 Å². The molecule has 0 spiro atoms. The van der Waals surface area contributed by atoms with Gasteiger partial charge in [-0.3, -0.25) is 14.5 Å². The van der Waals surface area contributed by atoms with Crippen LogP contribution in [0.2, 0.25) is 0 Å². The summed E-state index contributed by atoms with van der Waals surface area (Å²) in [6.07, 6.45) is 1.10. The predicted octanol–water partition coefficient (Wildman–Crippen LogP) is 1.19. The molecule has 0 radical (unpaired) electrons.